The summed E-state index contributed by atoms with van der Waals surface area (Å²) in [7, 11) is 0. The molecule has 27 heavy (non-hydrogen) atoms. The number of H-pyrrole nitrogens is 1. The molecule has 6 heteroatoms. The summed E-state index contributed by atoms with van der Waals surface area (Å²) in [6, 6.07) is 10.1. The number of hydrogen-bond donors (Lipinski definition) is 1. The Bertz CT molecular complexity index is 875. The molecule has 0 aliphatic carbocycles. The minimum Gasteiger partial charge on any atom is -0.338 e. The standard InChI is InChI=1S/C21H26N4O2/c1-15-5-3-6-17(11-15)13-24-9-4-7-21(20(24)27)8-10-25(14-21)19(26)18-12-16(2)22-23-18/h3,5-6,11-12H,4,7-10,13-14H2,1-2H3,(H,22,23). The monoisotopic (exact) mass is 366 g/mol. The molecular formula is C21H26N4O2. The molecule has 2 amide bonds. The van der Waals surface area contributed by atoms with Crippen LogP contribution in [0.3, 0.4) is 0 Å². The van der Waals surface area contributed by atoms with E-state index in [0.717, 1.165) is 31.5 Å². The third-order valence-electron chi connectivity index (χ3n) is 5.85. The van der Waals surface area contributed by atoms with Crippen LogP contribution >= 0.6 is 0 Å². The SMILES string of the molecule is Cc1cccc(CN2CCCC3(CCN(C(=O)c4cc(C)[nH]n4)C3)C2=O)c1. The molecule has 1 aromatic carbocycles. The topological polar surface area (TPSA) is 69.3 Å². The molecule has 3 heterocycles. The van der Waals surface area contributed by atoms with Gasteiger partial charge in [-0.1, -0.05) is 29.8 Å². The smallest absolute Gasteiger partial charge is 0.274 e. The number of amides is 2. The van der Waals surface area contributed by atoms with Crippen molar-refractivity contribution in [3.05, 3.63) is 52.8 Å². The highest BCUT2D eigenvalue weighted by atomic mass is 16.2. The van der Waals surface area contributed by atoms with Crippen LogP contribution in [0.4, 0.5) is 0 Å². The van der Waals surface area contributed by atoms with Crippen molar-refractivity contribution in [3.8, 4) is 0 Å². The third-order valence-corrected chi connectivity index (χ3v) is 5.85. The Labute approximate surface area is 159 Å². The van der Waals surface area contributed by atoms with Crippen LogP contribution in [0, 0.1) is 19.3 Å². The predicted molar refractivity (Wildman–Crippen MR) is 102 cm³/mol. The molecule has 1 N–H and O–H groups in total. The second kappa shape index (κ2) is 6.83. The Morgan fingerprint density at radius 1 is 1.22 bits per heavy atom. The molecule has 2 saturated heterocycles. The molecule has 1 spiro atoms. The summed E-state index contributed by atoms with van der Waals surface area (Å²) in [6.07, 6.45) is 2.59. The van der Waals surface area contributed by atoms with E-state index in [1.807, 2.05) is 17.9 Å². The van der Waals surface area contributed by atoms with Gasteiger partial charge in [0.15, 0.2) is 0 Å². The van der Waals surface area contributed by atoms with Gasteiger partial charge >= 0.3 is 0 Å². The first-order valence-corrected chi connectivity index (χ1v) is 9.63. The first-order valence-electron chi connectivity index (χ1n) is 9.63. The number of aromatic amines is 1. The van der Waals surface area contributed by atoms with Gasteiger partial charge in [-0.05, 0) is 44.7 Å². The highest BCUT2D eigenvalue weighted by Gasteiger charge is 2.49. The fraction of sp³-hybridized carbons (Fsp3) is 0.476. The number of hydrogen-bond acceptors (Lipinski definition) is 3. The van der Waals surface area contributed by atoms with Crippen molar-refractivity contribution in [2.24, 2.45) is 5.41 Å². The number of benzene rings is 1. The number of carbonyl (C=O) groups is 2. The fourth-order valence-corrected chi connectivity index (χ4v) is 4.45. The molecule has 1 unspecified atom stereocenters. The molecule has 0 radical (unpaired) electrons. The Kier molecular flexibility index (Phi) is 4.50. The predicted octanol–water partition coefficient (Wildman–Crippen LogP) is 2.68. The minimum atomic E-state index is -0.427. The van der Waals surface area contributed by atoms with E-state index in [1.165, 1.54) is 11.1 Å². The molecular weight excluding hydrogens is 340 g/mol. The van der Waals surface area contributed by atoms with Crippen molar-refractivity contribution in [1.82, 2.24) is 20.0 Å². The average molecular weight is 366 g/mol. The van der Waals surface area contributed by atoms with Gasteiger partial charge in [0.05, 0.1) is 5.41 Å². The van der Waals surface area contributed by atoms with Gasteiger partial charge in [0.2, 0.25) is 5.91 Å². The summed E-state index contributed by atoms with van der Waals surface area (Å²) < 4.78 is 0. The minimum absolute atomic E-state index is 0.0835. The molecule has 2 fully saturated rings. The summed E-state index contributed by atoms with van der Waals surface area (Å²) >= 11 is 0. The van der Waals surface area contributed by atoms with Crippen LogP contribution in [0.2, 0.25) is 0 Å². The van der Waals surface area contributed by atoms with Gasteiger partial charge in [0.1, 0.15) is 5.69 Å². The van der Waals surface area contributed by atoms with Crippen LogP contribution in [-0.2, 0) is 11.3 Å². The van der Waals surface area contributed by atoms with E-state index in [-0.39, 0.29) is 11.8 Å². The highest BCUT2D eigenvalue weighted by molar-refractivity contribution is 5.94. The lowest BCUT2D eigenvalue weighted by Crippen LogP contribution is -2.50. The van der Waals surface area contributed by atoms with Gasteiger partial charge in [-0.25, -0.2) is 0 Å². The molecule has 1 atom stereocenters. The van der Waals surface area contributed by atoms with Gasteiger partial charge < -0.3 is 9.80 Å². The largest absolute Gasteiger partial charge is 0.338 e. The lowest BCUT2D eigenvalue weighted by atomic mass is 9.78. The maximum atomic E-state index is 13.3. The summed E-state index contributed by atoms with van der Waals surface area (Å²) in [5.41, 5.74) is 3.25. The van der Waals surface area contributed by atoms with E-state index >= 15 is 0 Å². The lowest BCUT2D eigenvalue weighted by molar-refractivity contribution is -0.146. The van der Waals surface area contributed by atoms with Gasteiger partial charge in [-0.2, -0.15) is 5.10 Å². The fourth-order valence-electron chi connectivity index (χ4n) is 4.45. The number of likely N-dealkylation sites (tertiary alicyclic amines) is 2. The van der Waals surface area contributed by atoms with Crippen molar-refractivity contribution in [3.63, 3.8) is 0 Å². The van der Waals surface area contributed by atoms with Crippen molar-refractivity contribution in [2.45, 2.75) is 39.7 Å². The summed E-state index contributed by atoms with van der Waals surface area (Å²) in [5, 5.41) is 6.90. The van der Waals surface area contributed by atoms with E-state index in [0.29, 0.717) is 25.3 Å². The van der Waals surface area contributed by atoms with Crippen molar-refractivity contribution < 1.29 is 9.59 Å². The Morgan fingerprint density at radius 2 is 2.07 bits per heavy atom. The van der Waals surface area contributed by atoms with Crippen LogP contribution in [0.5, 0.6) is 0 Å². The number of aromatic nitrogens is 2. The number of rotatable bonds is 3. The zero-order chi connectivity index (χ0) is 19.0. The van der Waals surface area contributed by atoms with Crippen LogP contribution in [-0.4, -0.2) is 51.4 Å². The third kappa shape index (κ3) is 3.36. The molecule has 4 rings (SSSR count). The molecule has 2 aliphatic heterocycles. The van der Waals surface area contributed by atoms with Gasteiger partial charge in [0.25, 0.3) is 5.91 Å². The second-order valence-corrected chi connectivity index (χ2v) is 8.01. The number of aryl methyl sites for hydroxylation is 2. The molecule has 142 valence electrons. The zero-order valence-corrected chi connectivity index (χ0v) is 16.0. The summed E-state index contributed by atoms with van der Waals surface area (Å²) in [5.74, 6) is 0.114. The van der Waals surface area contributed by atoms with Crippen LogP contribution < -0.4 is 0 Å². The number of nitrogens with one attached hydrogen (secondary N) is 1. The van der Waals surface area contributed by atoms with Crippen molar-refractivity contribution in [2.75, 3.05) is 19.6 Å². The molecule has 1 aromatic heterocycles. The maximum absolute atomic E-state index is 13.3. The maximum Gasteiger partial charge on any atom is 0.274 e. The average Bonchev–Trinajstić information content (AvgIpc) is 3.26. The number of nitrogens with zero attached hydrogens (tertiary/aromatic N) is 3. The molecule has 6 nitrogen and oxygen atoms in total. The van der Waals surface area contributed by atoms with E-state index in [1.54, 1.807) is 11.0 Å². The molecule has 2 aromatic rings. The lowest BCUT2D eigenvalue weighted by Gasteiger charge is -2.39. The zero-order valence-electron chi connectivity index (χ0n) is 16.0. The van der Waals surface area contributed by atoms with Crippen LogP contribution in [0.25, 0.3) is 0 Å². The van der Waals surface area contributed by atoms with Gasteiger partial charge in [-0.3, -0.25) is 14.7 Å². The van der Waals surface area contributed by atoms with E-state index in [2.05, 4.69) is 35.3 Å². The van der Waals surface area contributed by atoms with Crippen molar-refractivity contribution in [1.29, 1.82) is 0 Å². The molecule has 2 aliphatic rings. The second-order valence-electron chi connectivity index (χ2n) is 8.01. The molecule has 0 bridgehead atoms. The Hall–Kier alpha value is -2.63. The van der Waals surface area contributed by atoms with Gasteiger partial charge in [0, 0.05) is 31.9 Å². The van der Waals surface area contributed by atoms with E-state index < -0.39 is 5.41 Å². The van der Waals surface area contributed by atoms with Gasteiger partial charge in [-0.15, -0.1) is 0 Å². The van der Waals surface area contributed by atoms with Crippen molar-refractivity contribution >= 4 is 11.8 Å². The first kappa shape index (κ1) is 17.8. The number of piperidine rings is 1. The first-order chi connectivity index (χ1) is 13.0. The quantitative estimate of drug-likeness (QED) is 0.908. The summed E-state index contributed by atoms with van der Waals surface area (Å²) in [4.78, 5) is 29.8. The normalized spacial score (nSPS) is 22.7. The van der Waals surface area contributed by atoms with E-state index in [9.17, 15) is 9.59 Å². The highest BCUT2D eigenvalue weighted by Crippen LogP contribution is 2.40. The van der Waals surface area contributed by atoms with Crippen LogP contribution in [0.15, 0.2) is 30.3 Å². The van der Waals surface area contributed by atoms with E-state index in [4.69, 9.17) is 0 Å². The summed E-state index contributed by atoms with van der Waals surface area (Å²) in [6.45, 7) is 6.51. The Balaban J connectivity index is 1.48. The number of carbonyl (C=O) groups excluding carboxylic acids is 2. The Morgan fingerprint density at radius 3 is 2.81 bits per heavy atom. The van der Waals surface area contributed by atoms with Crippen LogP contribution in [0.1, 0.15) is 46.6 Å². The molecule has 0 saturated carbocycles.